The van der Waals surface area contributed by atoms with E-state index in [1.54, 1.807) is 0 Å². The second kappa shape index (κ2) is 5.64. The lowest BCUT2D eigenvalue weighted by atomic mass is 9.83. The van der Waals surface area contributed by atoms with Gasteiger partial charge in [-0.05, 0) is 30.9 Å². The summed E-state index contributed by atoms with van der Waals surface area (Å²) in [6.45, 7) is 10.6. The molecule has 0 saturated carbocycles. The third-order valence-corrected chi connectivity index (χ3v) is 3.45. The molecule has 0 amide bonds. The molecule has 1 aliphatic heterocycles. The summed E-state index contributed by atoms with van der Waals surface area (Å²) in [4.78, 5) is 4.62. The van der Waals surface area contributed by atoms with Crippen molar-refractivity contribution < 1.29 is 9.84 Å². The van der Waals surface area contributed by atoms with Crippen molar-refractivity contribution in [3.05, 3.63) is 41.5 Å². The van der Waals surface area contributed by atoms with Crippen LogP contribution in [0.4, 0.5) is 0 Å². The fraction of sp³-hybridized carbons (Fsp3) is 0.500. The number of aliphatic hydroxyl groups is 1. The Balaban J connectivity index is 2.44. The SMILES string of the molecule is CC1(C)COC(/C(=C\c2ccccc2)C(O)C(C)(C)C)=N1. The summed E-state index contributed by atoms with van der Waals surface area (Å²) in [7, 11) is 0. The minimum atomic E-state index is -0.634. The van der Waals surface area contributed by atoms with Crippen molar-refractivity contribution in [2.24, 2.45) is 10.4 Å². The molecular weight excluding hydrogens is 262 g/mol. The van der Waals surface area contributed by atoms with Gasteiger partial charge in [0, 0.05) is 5.57 Å². The van der Waals surface area contributed by atoms with Gasteiger partial charge in [-0.3, -0.25) is 0 Å². The number of hydrogen-bond donors (Lipinski definition) is 1. The van der Waals surface area contributed by atoms with E-state index < -0.39 is 6.10 Å². The molecule has 114 valence electrons. The van der Waals surface area contributed by atoms with Gasteiger partial charge in [-0.2, -0.15) is 0 Å². The molecule has 3 nitrogen and oxygen atoms in total. The fourth-order valence-electron chi connectivity index (χ4n) is 2.19. The van der Waals surface area contributed by atoms with Crippen molar-refractivity contribution in [3.63, 3.8) is 0 Å². The second-order valence-electron chi connectivity index (χ2n) is 7.30. The van der Waals surface area contributed by atoms with Crippen molar-refractivity contribution in [1.29, 1.82) is 0 Å². The topological polar surface area (TPSA) is 41.8 Å². The van der Waals surface area contributed by atoms with E-state index in [2.05, 4.69) is 4.99 Å². The third-order valence-electron chi connectivity index (χ3n) is 3.45. The highest BCUT2D eigenvalue weighted by atomic mass is 16.5. The van der Waals surface area contributed by atoms with Crippen LogP contribution < -0.4 is 0 Å². The highest BCUT2D eigenvalue weighted by Gasteiger charge is 2.34. The number of aliphatic imine (C=N–C) groups is 1. The lowest BCUT2D eigenvalue weighted by Gasteiger charge is -2.27. The fourth-order valence-corrected chi connectivity index (χ4v) is 2.19. The van der Waals surface area contributed by atoms with Crippen LogP contribution in [0.1, 0.15) is 40.2 Å². The van der Waals surface area contributed by atoms with Gasteiger partial charge in [0.2, 0.25) is 5.90 Å². The molecule has 0 fully saturated rings. The smallest absolute Gasteiger partial charge is 0.215 e. The van der Waals surface area contributed by atoms with Gasteiger partial charge in [-0.1, -0.05) is 51.1 Å². The maximum atomic E-state index is 10.7. The van der Waals surface area contributed by atoms with E-state index in [-0.39, 0.29) is 11.0 Å². The van der Waals surface area contributed by atoms with Gasteiger partial charge in [0.15, 0.2) is 0 Å². The number of nitrogens with zero attached hydrogens (tertiary/aromatic N) is 1. The molecule has 1 N–H and O–H groups in total. The molecule has 1 heterocycles. The van der Waals surface area contributed by atoms with Gasteiger partial charge in [0.25, 0.3) is 0 Å². The average molecular weight is 287 g/mol. The summed E-state index contributed by atoms with van der Waals surface area (Å²) in [6.07, 6.45) is 1.33. The van der Waals surface area contributed by atoms with Gasteiger partial charge < -0.3 is 9.84 Å². The first kappa shape index (κ1) is 15.8. The van der Waals surface area contributed by atoms with E-state index in [0.29, 0.717) is 12.5 Å². The Morgan fingerprint density at radius 3 is 2.38 bits per heavy atom. The Bertz CT molecular complexity index is 550. The van der Waals surface area contributed by atoms with Gasteiger partial charge in [0.1, 0.15) is 6.61 Å². The lowest BCUT2D eigenvalue weighted by molar-refractivity contribution is 0.0979. The second-order valence-corrected chi connectivity index (χ2v) is 7.30. The number of aliphatic hydroxyl groups excluding tert-OH is 1. The molecule has 1 aliphatic rings. The van der Waals surface area contributed by atoms with Crippen molar-refractivity contribution in [2.75, 3.05) is 6.61 Å². The normalized spacial score (nSPS) is 19.9. The molecule has 1 aromatic rings. The van der Waals surface area contributed by atoms with Crippen LogP contribution in [0.2, 0.25) is 0 Å². The molecule has 1 aromatic carbocycles. The third kappa shape index (κ3) is 3.94. The standard InChI is InChI=1S/C18H25NO2/c1-17(2,3)15(20)14(11-13-9-7-6-8-10-13)16-19-18(4,5)12-21-16/h6-11,15,20H,12H2,1-5H3/b14-11-. The largest absolute Gasteiger partial charge is 0.475 e. The maximum absolute atomic E-state index is 10.7. The molecule has 0 aliphatic carbocycles. The first-order chi connectivity index (χ1) is 9.69. The van der Waals surface area contributed by atoms with E-state index in [0.717, 1.165) is 11.1 Å². The number of ether oxygens (including phenoxy) is 1. The summed E-state index contributed by atoms with van der Waals surface area (Å²) in [5, 5.41) is 10.7. The highest BCUT2D eigenvalue weighted by molar-refractivity contribution is 6.00. The summed E-state index contributed by atoms with van der Waals surface area (Å²) >= 11 is 0. The molecule has 1 unspecified atom stereocenters. The Morgan fingerprint density at radius 1 is 1.29 bits per heavy atom. The van der Waals surface area contributed by atoms with Crippen LogP contribution in [0.5, 0.6) is 0 Å². The van der Waals surface area contributed by atoms with Crippen molar-refractivity contribution >= 4 is 12.0 Å². The number of hydrogen-bond acceptors (Lipinski definition) is 3. The van der Waals surface area contributed by atoms with Gasteiger partial charge in [0.05, 0.1) is 11.6 Å². The molecule has 0 bridgehead atoms. The zero-order valence-corrected chi connectivity index (χ0v) is 13.6. The Morgan fingerprint density at radius 2 is 1.90 bits per heavy atom. The molecule has 0 saturated heterocycles. The van der Waals surface area contributed by atoms with Crippen molar-refractivity contribution in [2.45, 2.75) is 46.3 Å². The minimum absolute atomic E-state index is 0.233. The molecule has 3 heteroatoms. The monoisotopic (exact) mass is 287 g/mol. The van der Waals surface area contributed by atoms with Crippen LogP contribution in [-0.2, 0) is 4.74 Å². The van der Waals surface area contributed by atoms with Crippen LogP contribution in [0.15, 0.2) is 40.9 Å². The van der Waals surface area contributed by atoms with Crippen molar-refractivity contribution in [1.82, 2.24) is 0 Å². The van der Waals surface area contributed by atoms with E-state index in [1.165, 1.54) is 0 Å². The van der Waals surface area contributed by atoms with Gasteiger partial charge >= 0.3 is 0 Å². The summed E-state index contributed by atoms with van der Waals surface area (Å²) in [5.74, 6) is 0.561. The minimum Gasteiger partial charge on any atom is -0.475 e. The summed E-state index contributed by atoms with van der Waals surface area (Å²) in [6, 6.07) is 9.96. The average Bonchev–Trinajstić information content (AvgIpc) is 2.75. The summed E-state index contributed by atoms with van der Waals surface area (Å²) in [5.41, 5.74) is 1.27. The molecule has 0 aromatic heterocycles. The summed E-state index contributed by atoms with van der Waals surface area (Å²) < 4.78 is 5.74. The van der Waals surface area contributed by atoms with Crippen LogP contribution in [0, 0.1) is 5.41 Å². The van der Waals surface area contributed by atoms with Crippen molar-refractivity contribution in [3.8, 4) is 0 Å². The first-order valence-electron chi connectivity index (χ1n) is 7.37. The Labute approximate surface area is 127 Å². The molecule has 1 atom stereocenters. The molecule has 21 heavy (non-hydrogen) atoms. The van der Waals surface area contributed by atoms with Crippen LogP contribution in [0.3, 0.4) is 0 Å². The van der Waals surface area contributed by atoms with E-state index in [1.807, 2.05) is 71.0 Å². The highest BCUT2D eigenvalue weighted by Crippen LogP contribution is 2.30. The maximum Gasteiger partial charge on any atom is 0.215 e. The predicted octanol–water partition coefficient (Wildman–Crippen LogP) is 3.68. The number of rotatable bonds is 3. The molecular formula is C18H25NO2. The van der Waals surface area contributed by atoms with Crippen LogP contribution in [0.25, 0.3) is 6.08 Å². The van der Waals surface area contributed by atoms with E-state index >= 15 is 0 Å². The quantitative estimate of drug-likeness (QED) is 0.921. The Kier molecular flexibility index (Phi) is 4.24. The lowest BCUT2D eigenvalue weighted by Crippen LogP contribution is -2.31. The van der Waals surface area contributed by atoms with Gasteiger partial charge in [-0.15, -0.1) is 0 Å². The van der Waals surface area contributed by atoms with E-state index in [4.69, 9.17) is 4.74 Å². The zero-order valence-electron chi connectivity index (χ0n) is 13.6. The van der Waals surface area contributed by atoms with E-state index in [9.17, 15) is 5.11 Å². The van der Waals surface area contributed by atoms with Crippen LogP contribution >= 0.6 is 0 Å². The molecule has 0 spiro atoms. The predicted molar refractivity (Wildman–Crippen MR) is 87.3 cm³/mol. The molecule has 2 rings (SSSR count). The van der Waals surface area contributed by atoms with Gasteiger partial charge in [-0.25, -0.2) is 4.99 Å². The zero-order chi connectivity index (χ0) is 15.7. The number of benzene rings is 1. The Hall–Kier alpha value is -1.61. The first-order valence-corrected chi connectivity index (χ1v) is 7.37. The molecule has 0 radical (unpaired) electrons. The van der Waals surface area contributed by atoms with Crippen LogP contribution in [-0.4, -0.2) is 29.3 Å².